The predicted molar refractivity (Wildman–Crippen MR) is 62.7 cm³/mol. The third-order valence-electron chi connectivity index (χ3n) is 2.49. The van der Waals surface area contributed by atoms with Crippen LogP contribution in [0.5, 0.6) is 0 Å². The van der Waals surface area contributed by atoms with Crippen molar-refractivity contribution in [3.8, 4) is 0 Å². The summed E-state index contributed by atoms with van der Waals surface area (Å²) in [6.45, 7) is 2.84. The molecule has 5 nitrogen and oxygen atoms in total. The molecular formula is C10H14N4OS. The lowest BCUT2D eigenvalue weighted by Crippen LogP contribution is -2.18. The summed E-state index contributed by atoms with van der Waals surface area (Å²) in [4.78, 5) is 8.29. The smallest absolute Gasteiger partial charge is 0.144 e. The first-order valence-electron chi connectivity index (χ1n) is 5.12. The highest BCUT2D eigenvalue weighted by Gasteiger charge is 2.26. The van der Waals surface area contributed by atoms with Gasteiger partial charge in [-0.3, -0.25) is 5.41 Å². The molecule has 1 fully saturated rings. The van der Waals surface area contributed by atoms with Gasteiger partial charge in [-0.1, -0.05) is 11.8 Å². The Labute approximate surface area is 98.3 Å². The van der Waals surface area contributed by atoms with Crippen LogP contribution in [0.15, 0.2) is 17.4 Å². The summed E-state index contributed by atoms with van der Waals surface area (Å²) in [6, 6.07) is 0. The normalized spacial score (nSPS) is 24.6. The minimum Gasteiger partial charge on any atom is -0.382 e. The third kappa shape index (κ3) is 2.33. The number of hydrogen-bond donors (Lipinski definition) is 2. The van der Waals surface area contributed by atoms with Crippen molar-refractivity contribution in [2.75, 3.05) is 6.61 Å². The van der Waals surface area contributed by atoms with Gasteiger partial charge in [0, 0.05) is 24.3 Å². The van der Waals surface area contributed by atoms with Crippen molar-refractivity contribution in [2.24, 2.45) is 5.73 Å². The fourth-order valence-corrected chi connectivity index (χ4v) is 2.77. The van der Waals surface area contributed by atoms with E-state index in [0.717, 1.165) is 18.1 Å². The number of nitrogens with one attached hydrogen (secondary N) is 1. The van der Waals surface area contributed by atoms with Crippen molar-refractivity contribution in [2.45, 2.75) is 29.7 Å². The van der Waals surface area contributed by atoms with Gasteiger partial charge in [-0.2, -0.15) is 0 Å². The van der Waals surface area contributed by atoms with Gasteiger partial charge in [-0.05, 0) is 13.3 Å². The number of amidine groups is 1. The number of thioether (sulfide) groups is 1. The van der Waals surface area contributed by atoms with Crippen LogP contribution in [-0.4, -0.2) is 33.8 Å². The Hall–Kier alpha value is -1.14. The van der Waals surface area contributed by atoms with Gasteiger partial charge in [0.15, 0.2) is 0 Å². The van der Waals surface area contributed by atoms with Crippen LogP contribution in [0, 0.1) is 5.41 Å². The van der Waals surface area contributed by atoms with E-state index in [1.807, 2.05) is 0 Å². The van der Waals surface area contributed by atoms with Crippen LogP contribution in [0.1, 0.15) is 19.0 Å². The zero-order valence-corrected chi connectivity index (χ0v) is 9.83. The second kappa shape index (κ2) is 4.80. The van der Waals surface area contributed by atoms with E-state index >= 15 is 0 Å². The van der Waals surface area contributed by atoms with Crippen molar-refractivity contribution in [1.29, 1.82) is 5.41 Å². The summed E-state index contributed by atoms with van der Waals surface area (Å²) in [5, 5.41) is 8.52. The minimum absolute atomic E-state index is 0.0397. The molecule has 1 aromatic heterocycles. The van der Waals surface area contributed by atoms with Crippen LogP contribution in [0.25, 0.3) is 0 Å². The number of nitrogens with two attached hydrogens (primary N) is 1. The molecule has 1 saturated heterocycles. The summed E-state index contributed by atoms with van der Waals surface area (Å²) < 4.78 is 5.48. The Bertz CT molecular complexity index is 398. The number of nitrogens with zero attached hydrogens (tertiary/aromatic N) is 2. The van der Waals surface area contributed by atoms with E-state index in [0.29, 0.717) is 10.9 Å². The molecule has 0 aliphatic carbocycles. The second-order valence-corrected chi connectivity index (χ2v) is 4.87. The van der Waals surface area contributed by atoms with Crippen molar-refractivity contribution in [1.82, 2.24) is 9.97 Å². The van der Waals surface area contributed by atoms with Gasteiger partial charge >= 0.3 is 0 Å². The minimum atomic E-state index is -0.0397. The lowest BCUT2D eigenvalue weighted by atomic mass is 10.3. The van der Waals surface area contributed by atoms with E-state index in [1.165, 1.54) is 0 Å². The monoisotopic (exact) mass is 238 g/mol. The summed E-state index contributed by atoms with van der Waals surface area (Å²) >= 11 is 1.59. The second-order valence-electron chi connectivity index (χ2n) is 3.64. The van der Waals surface area contributed by atoms with Crippen LogP contribution >= 0.6 is 11.8 Å². The maximum absolute atomic E-state index is 7.43. The van der Waals surface area contributed by atoms with Crippen LogP contribution in [0.4, 0.5) is 0 Å². The first kappa shape index (κ1) is 11.3. The van der Waals surface area contributed by atoms with Gasteiger partial charge in [0.1, 0.15) is 16.6 Å². The average Bonchev–Trinajstić information content (AvgIpc) is 2.65. The Morgan fingerprint density at radius 3 is 2.94 bits per heavy atom. The molecule has 1 aromatic rings. The van der Waals surface area contributed by atoms with Gasteiger partial charge in [-0.25, -0.2) is 9.97 Å². The molecule has 3 N–H and O–H groups in total. The zero-order chi connectivity index (χ0) is 11.5. The molecule has 0 radical (unpaired) electrons. The number of hydrogen-bond acceptors (Lipinski definition) is 5. The fraction of sp³-hybridized carbons (Fsp3) is 0.500. The molecule has 0 bridgehead atoms. The van der Waals surface area contributed by atoms with E-state index in [4.69, 9.17) is 15.9 Å². The van der Waals surface area contributed by atoms with Crippen molar-refractivity contribution in [3.05, 3.63) is 18.1 Å². The molecule has 0 saturated carbocycles. The molecule has 2 atom stereocenters. The summed E-state index contributed by atoms with van der Waals surface area (Å²) in [6.07, 6.45) is 4.39. The van der Waals surface area contributed by atoms with Crippen LogP contribution in [0.2, 0.25) is 0 Å². The van der Waals surface area contributed by atoms with Gasteiger partial charge in [0.05, 0.1) is 6.10 Å². The molecule has 1 aliphatic rings. The lowest BCUT2D eigenvalue weighted by molar-refractivity contribution is 0.127. The number of rotatable bonds is 3. The van der Waals surface area contributed by atoms with Gasteiger partial charge in [-0.15, -0.1) is 0 Å². The molecule has 86 valence electrons. The molecule has 0 aromatic carbocycles. The Morgan fingerprint density at radius 2 is 2.31 bits per heavy atom. The molecule has 2 rings (SSSR count). The number of nitrogen functional groups attached to an aromatic ring is 1. The summed E-state index contributed by atoms with van der Waals surface area (Å²) in [5.74, 6) is -0.0397. The number of aromatic nitrogens is 2. The maximum Gasteiger partial charge on any atom is 0.144 e. The molecule has 0 spiro atoms. The Balaban J connectivity index is 2.17. The van der Waals surface area contributed by atoms with Crippen molar-refractivity contribution < 1.29 is 4.74 Å². The first-order chi connectivity index (χ1) is 7.68. The molecule has 0 amide bonds. The van der Waals surface area contributed by atoms with Gasteiger partial charge < -0.3 is 10.5 Å². The van der Waals surface area contributed by atoms with Crippen molar-refractivity contribution in [3.63, 3.8) is 0 Å². The standard InChI is InChI=1S/C10H14N4OS/c1-6-7(2-5-15-6)16-10-8(9(11)12)13-3-4-14-10/h3-4,6-7H,2,5H2,1H3,(H3,11,12). The predicted octanol–water partition coefficient (Wildman–Crippen LogP) is 1.03. The molecule has 16 heavy (non-hydrogen) atoms. The van der Waals surface area contributed by atoms with Crippen LogP contribution in [-0.2, 0) is 4.74 Å². The SMILES string of the molecule is CC1OCCC1Sc1nccnc1C(=N)N. The fourth-order valence-electron chi connectivity index (χ4n) is 1.61. The number of ether oxygens (including phenoxy) is 1. The van der Waals surface area contributed by atoms with Crippen LogP contribution < -0.4 is 5.73 Å². The largest absolute Gasteiger partial charge is 0.382 e. The molecular weight excluding hydrogens is 224 g/mol. The summed E-state index contributed by atoms with van der Waals surface area (Å²) in [7, 11) is 0. The highest BCUT2D eigenvalue weighted by atomic mass is 32.2. The van der Waals surface area contributed by atoms with E-state index < -0.39 is 0 Å². The Morgan fingerprint density at radius 1 is 1.56 bits per heavy atom. The quantitative estimate of drug-likeness (QED) is 0.607. The molecule has 1 aliphatic heterocycles. The van der Waals surface area contributed by atoms with Crippen molar-refractivity contribution >= 4 is 17.6 Å². The molecule has 2 unspecified atom stereocenters. The topological polar surface area (TPSA) is 84.9 Å². The van der Waals surface area contributed by atoms with Crippen LogP contribution in [0.3, 0.4) is 0 Å². The summed E-state index contributed by atoms with van der Waals surface area (Å²) in [5.41, 5.74) is 5.92. The third-order valence-corrected chi connectivity index (χ3v) is 3.93. The van der Waals surface area contributed by atoms with Gasteiger partial charge in [0.25, 0.3) is 0 Å². The molecule has 2 heterocycles. The van der Waals surface area contributed by atoms with E-state index in [1.54, 1.807) is 24.2 Å². The average molecular weight is 238 g/mol. The van der Waals surface area contributed by atoms with Gasteiger partial charge in [0.2, 0.25) is 0 Å². The first-order valence-corrected chi connectivity index (χ1v) is 6.00. The highest BCUT2D eigenvalue weighted by Crippen LogP contribution is 2.32. The molecule has 6 heteroatoms. The van der Waals surface area contributed by atoms with E-state index in [-0.39, 0.29) is 11.9 Å². The highest BCUT2D eigenvalue weighted by molar-refractivity contribution is 8.00. The van der Waals surface area contributed by atoms with E-state index in [2.05, 4.69) is 16.9 Å². The zero-order valence-electron chi connectivity index (χ0n) is 9.01. The maximum atomic E-state index is 7.43. The van der Waals surface area contributed by atoms with E-state index in [9.17, 15) is 0 Å². The lowest BCUT2D eigenvalue weighted by Gasteiger charge is -2.13. The Kier molecular flexibility index (Phi) is 3.40.